The van der Waals surface area contributed by atoms with Gasteiger partial charge in [0.2, 0.25) is 0 Å². The van der Waals surface area contributed by atoms with Gasteiger partial charge in [-0.15, -0.1) is 0 Å². The van der Waals surface area contributed by atoms with E-state index >= 15 is 0 Å². The highest BCUT2D eigenvalue weighted by atomic mass is 32.2. The first-order valence-corrected chi connectivity index (χ1v) is 8.78. The zero-order valence-corrected chi connectivity index (χ0v) is 12.3. The van der Waals surface area contributed by atoms with Gasteiger partial charge in [0.15, 0.2) is 0 Å². The van der Waals surface area contributed by atoms with E-state index in [-0.39, 0.29) is 36.9 Å². The molecule has 0 fully saturated rings. The number of hydrogen-bond acceptors (Lipinski definition) is 7. The molecule has 0 saturated heterocycles. The van der Waals surface area contributed by atoms with Crippen molar-refractivity contribution in [1.29, 1.82) is 0 Å². The molecule has 0 aliphatic carbocycles. The predicted molar refractivity (Wildman–Crippen MR) is 78.2 cm³/mol. The zero-order chi connectivity index (χ0) is 12.9. The summed E-state index contributed by atoms with van der Waals surface area (Å²) in [5.74, 6) is 2.93. The Morgan fingerprint density at radius 1 is 0.706 bits per heavy atom. The molecule has 0 saturated carbocycles. The fourth-order valence-corrected chi connectivity index (χ4v) is 4.38. The van der Waals surface area contributed by atoms with Crippen LogP contribution in [0.1, 0.15) is 0 Å². The summed E-state index contributed by atoms with van der Waals surface area (Å²) in [5, 5.41) is 35.9. The van der Waals surface area contributed by atoms with Crippen molar-refractivity contribution < 1.29 is 20.4 Å². The molecule has 7 heteroatoms. The van der Waals surface area contributed by atoms with Crippen LogP contribution in [0.25, 0.3) is 0 Å². The third-order valence-electron chi connectivity index (χ3n) is 1.90. The van der Waals surface area contributed by atoms with E-state index in [0.29, 0.717) is 11.5 Å². The topological polar surface area (TPSA) is 80.9 Å². The molecule has 17 heavy (non-hydrogen) atoms. The summed E-state index contributed by atoms with van der Waals surface area (Å²) >= 11 is 4.83. The average molecular weight is 302 g/mol. The molecule has 0 aromatic carbocycles. The molecular formula is C10H22O4S3. The highest BCUT2D eigenvalue weighted by Crippen LogP contribution is 2.20. The quantitative estimate of drug-likeness (QED) is 0.400. The second-order valence-electron chi connectivity index (χ2n) is 3.34. The maximum absolute atomic E-state index is 9.11. The summed E-state index contributed by atoms with van der Waals surface area (Å²) in [6.45, 7) is 0.505. The molecular weight excluding hydrogens is 280 g/mol. The molecule has 0 aromatic heterocycles. The van der Waals surface area contributed by atoms with Gasteiger partial charge < -0.3 is 20.4 Å². The second-order valence-corrected chi connectivity index (χ2v) is 7.23. The minimum absolute atomic E-state index is 0.116. The molecule has 0 rings (SSSR count). The van der Waals surface area contributed by atoms with Gasteiger partial charge in [0.25, 0.3) is 0 Å². The van der Waals surface area contributed by atoms with E-state index < -0.39 is 0 Å². The van der Waals surface area contributed by atoms with Crippen LogP contribution in [-0.4, -0.2) is 80.4 Å². The molecule has 0 heterocycles. The van der Waals surface area contributed by atoms with Gasteiger partial charge in [-0.2, -0.15) is 35.3 Å². The number of aliphatic hydroxyl groups is 4. The summed E-state index contributed by atoms with van der Waals surface area (Å²) in [6.07, 6.45) is 0. The average Bonchev–Trinajstić information content (AvgIpc) is 2.37. The first kappa shape index (κ1) is 17.9. The Morgan fingerprint density at radius 2 is 1.12 bits per heavy atom. The van der Waals surface area contributed by atoms with Crippen LogP contribution >= 0.6 is 35.3 Å². The van der Waals surface area contributed by atoms with Crippen LogP contribution in [0, 0.1) is 0 Å². The number of rotatable bonds is 12. The molecule has 2 unspecified atom stereocenters. The lowest BCUT2D eigenvalue weighted by molar-refractivity contribution is 0.298. The molecule has 0 aromatic rings. The van der Waals surface area contributed by atoms with Crippen LogP contribution in [0.15, 0.2) is 0 Å². The van der Waals surface area contributed by atoms with Gasteiger partial charge in [0.1, 0.15) is 0 Å². The molecule has 0 amide bonds. The largest absolute Gasteiger partial charge is 0.396 e. The monoisotopic (exact) mass is 302 g/mol. The third kappa shape index (κ3) is 10.5. The van der Waals surface area contributed by atoms with Gasteiger partial charge in [-0.25, -0.2) is 0 Å². The third-order valence-corrected chi connectivity index (χ3v) is 6.01. The zero-order valence-electron chi connectivity index (χ0n) is 9.83. The Bertz CT molecular complexity index is 146. The molecule has 0 radical (unpaired) electrons. The smallest absolute Gasteiger partial charge is 0.0558 e. The van der Waals surface area contributed by atoms with Gasteiger partial charge >= 0.3 is 0 Å². The van der Waals surface area contributed by atoms with E-state index in [1.54, 1.807) is 35.3 Å². The van der Waals surface area contributed by atoms with Crippen molar-refractivity contribution in [2.24, 2.45) is 0 Å². The van der Waals surface area contributed by atoms with Crippen molar-refractivity contribution in [1.82, 2.24) is 0 Å². The first-order valence-electron chi connectivity index (χ1n) is 5.52. The first-order chi connectivity index (χ1) is 8.28. The maximum Gasteiger partial charge on any atom is 0.0558 e. The highest BCUT2D eigenvalue weighted by molar-refractivity contribution is 8.05. The molecule has 0 aliphatic rings. The molecule has 0 aliphatic heterocycles. The standard InChI is InChI=1S/C10H22O4S3/c11-1-3-16-9(5-13)7-15-8-10(6-14)17-4-2-12/h9-14H,1-8H2. The fourth-order valence-electron chi connectivity index (χ4n) is 1.08. The lowest BCUT2D eigenvalue weighted by Crippen LogP contribution is -2.18. The summed E-state index contributed by atoms with van der Waals surface area (Å²) in [5.41, 5.74) is 0. The van der Waals surface area contributed by atoms with E-state index in [4.69, 9.17) is 20.4 Å². The van der Waals surface area contributed by atoms with Crippen LogP contribution in [0.5, 0.6) is 0 Å². The molecule has 0 spiro atoms. The predicted octanol–water partition coefficient (Wildman–Crippen LogP) is -0.108. The van der Waals surface area contributed by atoms with Crippen LogP contribution in [-0.2, 0) is 0 Å². The number of aliphatic hydroxyl groups excluding tert-OH is 4. The van der Waals surface area contributed by atoms with Gasteiger partial charge in [0, 0.05) is 33.5 Å². The Kier molecular flexibility index (Phi) is 14.0. The van der Waals surface area contributed by atoms with Crippen molar-refractivity contribution >= 4 is 35.3 Å². The van der Waals surface area contributed by atoms with Gasteiger partial charge in [0.05, 0.1) is 26.4 Å². The fraction of sp³-hybridized carbons (Fsp3) is 1.00. The SMILES string of the molecule is OCCSC(CO)CSCC(CO)SCCO. The van der Waals surface area contributed by atoms with Crippen molar-refractivity contribution in [3.05, 3.63) is 0 Å². The Hall–Kier alpha value is 0.890. The highest BCUT2D eigenvalue weighted by Gasteiger charge is 2.11. The summed E-state index contributed by atoms with van der Waals surface area (Å²) in [7, 11) is 0. The van der Waals surface area contributed by atoms with E-state index in [1.165, 1.54) is 0 Å². The second kappa shape index (κ2) is 13.3. The maximum atomic E-state index is 9.11. The van der Waals surface area contributed by atoms with Crippen LogP contribution in [0.2, 0.25) is 0 Å². The lowest BCUT2D eigenvalue weighted by atomic mass is 10.5. The summed E-state index contributed by atoms with van der Waals surface area (Å²) in [4.78, 5) is 0. The van der Waals surface area contributed by atoms with E-state index in [9.17, 15) is 0 Å². The molecule has 2 atom stereocenters. The van der Waals surface area contributed by atoms with E-state index in [0.717, 1.165) is 11.5 Å². The van der Waals surface area contributed by atoms with Gasteiger partial charge in [-0.3, -0.25) is 0 Å². The minimum atomic E-state index is 0.116. The van der Waals surface area contributed by atoms with Crippen molar-refractivity contribution in [3.8, 4) is 0 Å². The van der Waals surface area contributed by atoms with E-state index in [1.807, 2.05) is 0 Å². The summed E-state index contributed by atoms with van der Waals surface area (Å²) in [6, 6.07) is 0. The number of hydrogen-bond donors (Lipinski definition) is 4. The van der Waals surface area contributed by atoms with Crippen molar-refractivity contribution in [2.75, 3.05) is 49.4 Å². The Balaban J connectivity index is 3.61. The van der Waals surface area contributed by atoms with Gasteiger partial charge in [-0.1, -0.05) is 0 Å². The molecule has 0 bridgehead atoms. The van der Waals surface area contributed by atoms with E-state index in [2.05, 4.69) is 0 Å². The summed E-state index contributed by atoms with van der Waals surface area (Å²) < 4.78 is 0. The Morgan fingerprint density at radius 3 is 1.41 bits per heavy atom. The van der Waals surface area contributed by atoms with Crippen LogP contribution in [0.4, 0.5) is 0 Å². The van der Waals surface area contributed by atoms with Crippen LogP contribution in [0.3, 0.4) is 0 Å². The normalized spacial score (nSPS) is 14.8. The number of thioether (sulfide) groups is 3. The van der Waals surface area contributed by atoms with Crippen molar-refractivity contribution in [3.63, 3.8) is 0 Å². The lowest BCUT2D eigenvalue weighted by Gasteiger charge is -2.16. The molecule has 4 nitrogen and oxygen atoms in total. The molecule has 4 N–H and O–H groups in total. The Labute approximate surface area is 116 Å². The van der Waals surface area contributed by atoms with Gasteiger partial charge in [-0.05, 0) is 0 Å². The molecule has 104 valence electrons. The van der Waals surface area contributed by atoms with Crippen molar-refractivity contribution in [2.45, 2.75) is 10.5 Å². The minimum Gasteiger partial charge on any atom is -0.396 e. The van der Waals surface area contributed by atoms with Crippen LogP contribution < -0.4 is 0 Å².